The normalized spacial score (nSPS) is 15.8. The van der Waals surface area contributed by atoms with Gasteiger partial charge in [0.25, 0.3) is 0 Å². The predicted octanol–water partition coefficient (Wildman–Crippen LogP) is 5.01. The Hall–Kier alpha value is -3.17. The molecule has 0 unspecified atom stereocenters. The number of nitrogens with zero attached hydrogens (tertiary/aromatic N) is 5. The summed E-state index contributed by atoms with van der Waals surface area (Å²) >= 11 is 0. The maximum absolute atomic E-state index is 13.1. The molecule has 0 spiro atoms. The number of H-pyrrole nitrogens is 1. The Labute approximate surface area is 176 Å². The lowest BCUT2D eigenvalue weighted by Gasteiger charge is -2.19. The standard InChI is InChI=1S/C21H22F3N7/c1-11(2)31-12(3)29-18-16(31)6-13(7-25-18)14-8-26-17-15(14)9-27-19(30-17)28-10-20(4-5-20)21(22,23)24/h6-9,11H,4-5,10H2,1-3H3,(H2,26,27,28,30). The van der Waals surface area contributed by atoms with Crippen LogP contribution in [0.1, 0.15) is 38.6 Å². The third-order valence-corrected chi connectivity index (χ3v) is 6.02. The number of pyridine rings is 1. The second kappa shape index (κ2) is 6.66. The highest BCUT2D eigenvalue weighted by molar-refractivity contribution is 5.95. The van der Waals surface area contributed by atoms with Gasteiger partial charge in [0.1, 0.15) is 11.5 Å². The van der Waals surface area contributed by atoms with Crippen LogP contribution in [0.4, 0.5) is 19.1 Å². The van der Waals surface area contributed by atoms with Gasteiger partial charge in [0.15, 0.2) is 5.65 Å². The summed E-state index contributed by atoms with van der Waals surface area (Å²) in [7, 11) is 0. The largest absolute Gasteiger partial charge is 0.396 e. The van der Waals surface area contributed by atoms with Gasteiger partial charge in [0.05, 0.1) is 10.9 Å². The van der Waals surface area contributed by atoms with Crippen LogP contribution >= 0.6 is 0 Å². The Balaban J connectivity index is 1.46. The third kappa shape index (κ3) is 3.21. The summed E-state index contributed by atoms with van der Waals surface area (Å²) in [6, 6.07) is 2.28. The molecule has 162 valence electrons. The van der Waals surface area contributed by atoms with Gasteiger partial charge in [-0.15, -0.1) is 0 Å². The first kappa shape index (κ1) is 19.8. The van der Waals surface area contributed by atoms with Crippen molar-refractivity contribution in [3.63, 3.8) is 0 Å². The van der Waals surface area contributed by atoms with E-state index in [-0.39, 0.29) is 31.4 Å². The molecular weight excluding hydrogens is 407 g/mol. The molecule has 4 aromatic heterocycles. The monoisotopic (exact) mass is 429 g/mol. The number of aromatic amines is 1. The average Bonchev–Trinajstić information content (AvgIpc) is 3.29. The maximum atomic E-state index is 13.1. The van der Waals surface area contributed by atoms with Crippen molar-refractivity contribution in [1.29, 1.82) is 0 Å². The van der Waals surface area contributed by atoms with Gasteiger partial charge in [-0.05, 0) is 39.7 Å². The fraction of sp³-hybridized carbons (Fsp3) is 0.429. The number of fused-ring (bicyclic) bond motifs is 2. The van der Waals surface area contributed by atoms with E-state index in [1.807, 2.05) is 19.2 Å². The van der Waals surface area contributed by atoms with Gasteiger partial charge < -0.3 is 14.9 Å². The fourth-order valence-electron chi connectivity index (χ4n) is 4.08. The number of aromatic nitrogens is 6. The Morgan fingerprint density at radius 3 is 2.65 bits per heavy atom. The van der Waals surface area contributed by atoms with E-state index in [9.17, 15) is 13.2 Å². The van der Waals surface area contributed by atoms with E-state index in [0.717, 1.165) is 27.9 Å². The lowest BCUT2D eigenvalue weighted by Crippen LogP contribution is -2.31. The molecule has 31 heavy (non-hydrogen) atoms. The second-order valence-electron chi connectivity index (χ2n) is 8.48. The number of alkyl halides is 3. The Morgan fingerprint density at radius 2 is 1.97 bits per heavy atom. The first-order chi connectivity index (χ1) is 14.7. The van der Waals surface area contributed by atoms with Crippen molar-refractivity contribution in [2.24, 2.45) is 5.41 Å². The number of rotatable bonds is 5. The molecular formula is C21H22F3N7. The molecule has 0 radical (unpaired) electrons. The van der Waals surface area contributed by atoms with Crippen LogP contribution in [0.5, 0.6) is 0 Å². The lowest BCUT2D eigenvalue weighted by atomic mass is 10.1. The van der Waals surface area contributed by atoms with E-state index in [2.05, 4.69) is 48.7 Å². The molecule has 1 aliphatic carbocycles. The van der Waals surface area contributed by atoms with Crippen LogP contribution < -0.4 is 5.32 Å². The number of imidazole rings is 1. The number of anilines is 1. The van der Waals surface area contributed by atoms with Crippen molar-refractivity contribution < 1.29 is 13.2 Å². The van der Waals surface area contributed by atoms with Gasteiger partial charge in [-0.1, -0.05) is 0 Å². The van der Waals surface area contributed by atoms with E-state index >= 15 is 0 Å². The van der Waals surface area contributed by atoms with Crippen molar-refractivity contribution >= 4 is 28.1 Å². The van der Waals surface area contributed by atoms with Crippen molar-refractivity contribution in [2.75, 3.05) is 11.9 Å². The van der Waals surface area contributed by atoms with Crippen LogP contribution in [-0.4, -0.2) is 42.2 Å². The molecule has 1 fully saturated rings. The van der Waals surface area contributed by atoms with Gasteiger partial charge >= 0.3 is 6.18 Å². The zero-order chi connectivity index (χ0) is 22.0. The average molecular weight is 429 g/mol. The molecule has 0 aliphatic heterocycles. The van der Waals surface area contributed by atoms with E-state index in [1.54, 1.807) is 12.4 Å². The van der Waals surface area contributed by atoms with Crippen LogP contribution in [0.2, 0.25) is 0 Å². The minimum Gasteiger partial charge on any atom is -0.353 e. The summed E-state index contributed by atoms with van der Waals surface area (Å²) in [6.45, 7) is 5.94. The number of nitrogens with one attached hydrogen (secondary N) is 2. The lowest BCUT2D eigenvalue weighted by molar-refractivity contribution is -0.182. The zero-order valence-corrected chi connectivity index (χ0v) is 17.4. The highest BCUT2D eigenvalue weighted by Gasteiger charge is 2.62. The molecule has 0 aromatic carbocycles. The molecule has 7 nitrogen and oxygen atoms in total. The topological polar surface area (TPSA) is 84.3 Å². The van der Waals surface area contributed by atoms with E-state index < -0.39 is 11.6 Å². The first-order valence-corrected chi connectivity index (χ1v) is 10.2. The number of hydrogen-bond acceptors (Lipinski definition) is 5. The molecule has 0 amide bonds. The van der Waals surface area contributed by atoms with Gasteiger partial charge in [-0.25, -0.2) is 15.0 Å². The second-order valence-corrected chi connectivity index (χ2v) is 8.48. The molecule has 0 atom stereocenters. The SMILES string of the molecule is Cc1nc2ncc(-c3c[nH]c4nc(NCC5(C(F)(F)F)CC5)ncc34)cc2n1C(C)C. The van der Waals surface area contributed by atoms with Crippen LogP contribution in [0.25, 0.3) is 33.3 Å². The van der Waals surface area contributed by atoms with Crippen molar-refractivity contribution in [1.82, 2.24) is 29.5 Å². The van der Waals surface area contributed by atoms with E-state index in [0.29, 0.717) is 11.3 Å². The molecule has 10 heteroatoms. The van der Waals surface area contributed by atoms with Crippen LogP contribution in [0.3, 0.4) is 0 Å². The minimum absolute atomic E-state index is 0.139. The molecule has 4 aromatic rings. The minimum atomic E-state index is -4.21. The smallest absolute Gasteiger partial charge is 0.353 e. The summed E-state index contributed by atoms with van der Waals surface area (Å²) < 4.78 is 41.5. The first-order valence-electron chi connectivity index (χ1n) is 10.2. The van der Waals surface area contributed by atoms with Crippen molar-refractivity contribution in [3.8, 4) is 11.1 Å². The summed E-state index contributed by atoms with van der Waals surface area (Å²) in [5.74, 6) is 1.08. The summed E-state index contributed by atoms with van der Waals surface area (Å²) in [4.78, 5) is 20.7. The van der Waals surface area contributed by atoms with Gasteiger partial charge in [-0.3, -0.25) is 0 Å². The Morgan fingerprint density at radius 1 is 1.19 bits per heavy atom. The number of aryl methyl sites for hydroxylation is 1. The predicted molar refractivity (Wildman–Crippen MR) is 112 cm³/mol. The van der Waals surface area contributed by atoms with Crippen molar-refractivity contribution in [2.45, 2.75) is 45.8 Å². The quantitative estimate of drug-likeness (QED) is 0.466. The molecule has 1 aliphatic rings. The van der Waals surface area contributed by atoms with Crippen LogP contribution in [0.15, 0.2) is 24.7 Å². The maximum Gasteiger partial charge on any atom is 0.396 e. The van der Waals surface area contributed by atoms with E-state index in [4.69, 9.17) is 0 Å². The molecule has 0 bridgehead atoms. The van der Waals surface area contributed by atoms with E-state index in [1.165, 1.54) is 0 Å². The van der Waals surface area contributed by atoms with Gasteiger partial charge in [0.2, 0.25) is 5.95 Å². The fourth-order valence-corrected chi connectivity index (χ4v) is 4.08. The summed E-state index contributed by atoms with van der Waals surface area (Å²) in [5, 5.41) is 3.53. The summed E-state index contributed by atoms with van der Waals surface area (Å²) in [6.07, 6.45) is 1.26. The molecule has 2 N–H and O–H groups in total. The summed E-state index contributed by atoms with van der Waals surface area (Å²) in [5.41, 5.74) is 2.30. The Bertz CT molecular complexity index is 1280. The molecule has 0 saturated heterocycles. The van der Waals surface area contributed by atoms with Crippen LogP contribution in [-0.2, 0) is 0 Å². The van der Waals surface area contributed by atoms with Crippen molar-refractivity contribution in [3.05, 3.63) is 30.5 Å². The van der Waals surface area contributed by atoms with Gasteiger partial charge in [0, 0.05) is 47.7 Å². The third-order valence-electron chi connectivity index (χ3n) is 6.02. The Kier molecular flexibility index (Phi) is 4.25. The van der Waals surface area contributed by atoms with Gasteiger partial charge in [-0.2, -0.15) is 18.2 Å². The highest BCUT2D eigenvalue weighted by Crippen LogP contribution is 2.57. The zero-order valence-electron chi connectivity index (χ0n) is 17.4. The number of halogens is 3. The molecule has 1 saturated carbocycles. The van der Waals surface area contributed by atoms with Crippen LogP contribution in [0, 0.1) is 12.3 Å². The highest BCUT2D eigenvalue weighted by atomic mass is 19.4. The number of hydrogen-bond donors (Lipinski definition) is 2. The molecule has 4 heterocycles. The molecule has 5 rings (SSSR count).